The van der Waals surface area contributed by atoms with Gasteiger partial charge in [-0.2, -0.15) is 5.10 Å². The fraction of sp³-hybridized carbons (Fsp3) is 0.333. The maximum atomic E-state index is 13.2. The number of H-pyrrole nitrogens is 1. The van der Waals surface area contributed by atoms with E-state index in [1.807, 2.05) is 30.3 Å². The van der Waals surface area contributed by atoms with Gasteiger partial charge in [-0.05, 0) is 31.2 Å². The van der Waals surface area contributed by atoms with Crippen molar-refractivity contribution in [1.29, 1.82) is 0 Å². The van der Waals surface area contributed by atoms with Gasteiger partial charge in [0.15, 0.2) is 5.82 Å². The Morgan fingerprint density at radius 3 is 2.75 bits per heavy atom. The molecule has 1 aromatic carbocycles. The Labute approximate surface area is 166 Å². The second-order valence-electron chi connectivity index (χ2n) is 7.25. The minimum absolute atomic E-state index is 0.0285. The summed E-state index contributed by atoms with van der Waals surface area (Å²) in [6.07, 6.45) is 8.56. The standard InChI is InChI=1S/C21H21N5OS/c27-21-18-15-10-6-1-2-7-11-16(15)28-20(18)22-13-26(21)12-17-23-19(25-24-17)14-8-4-3-5-9-14/h3-5,8-9,13H,1-2,6-7,10-12H2,(H,23,24,25). The summed E-state index contributed by atoms with van der Waals surface area (Å²) in [5, 5.41) is 8.06. The zero-order valence-corrected chi connectivity index (χ0v) is 16.3. The van der Waals surface area contributed by atoms with Crippen LogP contribution in [0.1, 0.15) is 41.9 Å². The van der Waals surface area contributed by atoms with Gasteiger partial charge >= 0.3 is 0 Å². The first kappa shape index (κ1) is 17.3. The molecule has 28 heavy (non-hydrogen) atoms. The summed E-state index contributed by atoms with van der Waals surface area (Å²) in [5.74, 6) is 1.29. The predicted molar refractivity (Wildman–Crippen MR) is 111 cm³/mol. The molecule has 5 rings (SSSR count). The van der Waals surface area contributed by atoms with Crippen molar-refractivity contribution in [3.05, 3.63) is 63.3 Å². The summed E-state index contributed by atoms with van der Waals surface area (Å²) >= 11 is 1.69. The molecule has 0 atom stereocenters. The normalized spacial score (nSPS) is 14.6. The fourth-order valence-corrected chi connectivity index (χ4v) is 5.11. The van der Waals surface area contributed by atoms with Crippen LogP contribution in [0.4, 0.5) is 0 Å². The summed E-state index contributed by atoms with van der Waals surface area (Å²) in [4.78, 5) is 24.6. The molecule has 7 heteroatoms. The van der Waals surface area contributed by atoms with Gasteiger partial charge < -0.3 is 0 Å². The van der Waals surface area contributed by atoms with Gasteiger partial charge in [-0.1, -0.05) is 43.2 Å². The zero-order valence-electron chi connectivity index (χ0n) is 15.5. The number of fused-ring (bicyclic) bond motifs is 3. The highest BCUT2D eigenvalue weighted by molar-refractivity contribution is 7.18. The summed E-state index contributed by atoms with van der Waals surface area (Å²) in [6, 6.07) is 9.81. The number of nitrogens with zero attached hydrogens (tertiary/aromatic N) is 4. The molecule has 0 saturated heterocycles. The SMILES string of the molecule is O=c1c2c3c(sc2ncn1Cc1nc(-c2ccccc2)n[nH]1)CCCCCC3. The molecular weight excluding hydrogens is 370 g/mol. The Hall–Kier alpha value is -2.80. The first-order valence-electron chi connectivity index (χ1n) is 9.76. The van der Waals surface area contributed by atoms with Crippen LogP contribution in [-0.4, -0.2) is 24.7 Å². The number of aromatic nitrogens is 5. The Morgan fingerprint density at radius 1 is 1.07 bits per heavy atom. The number of aryl methyl sites for hydroxylation is 2. The fourth-order valence-electron chi connectivity index (χ4n) is 3.89. The lowest BCUT2D eigenvalue weighted by atomic mass is 9.98. The van der Waals surface area contributed by atoms with E-state index in [2.05, 4.69) is 20.2 Å². The van der Waals surface area contributed by atoms with Gasteiger partial charge in [0.1, 0.15) is 10.7 Å². The monoisotopic (exact) mass is 391 g/mol. The van der Waals surface area contributed by atoms with Crippen molar-refractivity contribution in [3.8, 4) is 11.4 Å². The molecule has 1 aliphatic carbocycles. The molecule has 3 aromatic heterocycles. The van der Waals surface area contributed by atoms with E-state index in [4.69, 9.17) is 0 Å². The van der Waals surface area contributed by atoms with Crippen molar-refractivity contribution in [2.75, 3.05) is 0 Å². The van der Waals surface area contributed by atoms with Crippen LogP contribution in [-0.2, 0) is 19.4 Å². The van der Waals surface area contributed by atoms with Crippen molar-refractivity contribution >= 4 is 21.6 Å². The third-order valence-corrected chi connectivity index (χ3v) is 6.53. The average molecular weight is 392 g/mol. The van der Waals surface area contributed by atoms with Gasteiger partial charge in [-0.3, -0.25) is 14.5 Å². The summed E-state index contributed by atoms with van der Waals surface area (Å²) in [5.41, 5.74) is 2.21. The van der Waals surface area contributed by atoms with E-state index in [0.717, 1.165) is 35.0 Å². The lowest BCUT2D eigenvalue weighted by molar-refractivity contribution is 0.623. The third kappa shape index (κ3) is 3.16. The summed E-state index contributed by atoms with van der Waals surface area (Å²) < 4.78 is 1.64. The average Bonchev–Trinajstić information content (AvgIpc) is 3.30. The molecule has 0 amide bonds. The molecule has 0 fully saturated rings. The molecule has 0 saturated carbocycles. The van der Waals surface area contributed by atoms with Crippen LogP contribution in [0.2, 0.25) is 0 Å². The van der Waals surface area contributed by atoms with E-state index in [9.17, 15) is 4.79 Å². The van der Waals surface area contributed by atoms with Gasteiger partial charge in [0.2, 0.25) is 0 Å². The lowest BCUT2D eigenvalue weighted by Crippen LogP contribution is -2.22. The Morgan fingerprint density at radius 2 is 1.89 bits per heavy atom. The zero-order chi connectivity index (χ0) is 18.9. The molecule has 4 aromatic rings. The minimum Gasteiger partial charge on any atom is -0.291 e. The van der Waals surface area contributed by atoms with Crippen LogP contribution in [0.25, 0.3) is 21.6 Å². The molecule has 0 radical (unpaired) electrons. The molecule has 1 aliphatic rings. The highest BCUT2D eigenvalue weighted by atomic mass is 32.1. The molecule has 0 bridgehead atoms. The van der Waals surface area contributed by atoms with Crippen LogP contribution in [0.5, 0.6) is 0 Å². The summed E-state index contributed by atoms with van der Waals surface area (Å²) in [7, 11) is 0. The highest BCUT2D eigenvalue weighted by Crippen LogP contribution is 2.32. The van der Waals surface area contributed by atoms with E-state index in [-0.39, 0.29) is 5.56 Å². The maximum Gasteiger partial charge on any atom is 0.262 e. The Kier molecular flexibility index (Phi) is 4.52. The second kappa shape index (κ2) is 7.31. The molecule has 0 unspecified atom stereocenters. The Bertz CT molecular complexity index is 1170. The van der Waals surface area contributed by atoms with Gasteiger partial charge in [0.05, 0.1) is 18.3 Å². The van der Waals surface area contributed by atoms with Crippen molar-refractivity contribution < 1.29 is 0 Å². The number of benzene rings is 1. The van der Waals surface area contributed by atoms with Crippen LogP contribution < -0.4 is 5.56 Å². The smallest absolute Gasteiger partial charge is 0.262 e. The second-order valence-corrected chi connectivity index (χ2v) is 8.33. The third-order valence-electron chi connectivity index (χ3n) is 5.33. The first-order valence-corrected chi connectivity index (χ1v) is 10.6. The molecule has 0 aliphatic heterocycles. The van der Waals surface area contributed by atoms with E-state index in [1.165, 1.54) is 29.7 Å². The molecule has 1 N–H and O–H groups in total. The molecule has 142 valence electrons. The number of thiophene rings is 1. The van der Waals surface area contributed by atoms with E-state index >= 15 is 0 Å². The molecule has 3 heterocycles. The van der Waals surface area contributed by atoms with Crippen molar-refractivity contribution in [3.63, 3.8) is 0 Å². The van der Waals surface area contributed by atoms with Crippen LogP contribution >= 0.6 is 11.3 Å². The maximum absolute atomic E-state index is 13.2. The number of aromatic amines is 1. The van der Waals surface area contributed by atoms with Gasteiger partial charge in [-0.25, -0.2) is 9.97 Å². The topological polar surface area (TPSA) is 76.5 Å². The number of nitrogens with one attached hydrogen (secondary N) is 1. The van der Waals surface area contributed by atoms with Crippen molar-refractivity contribution in [2.24, 2.45) is 0 Å². The summed E-state index contributed by atoms with van der Waals surface area (Å²) in [6.45, 7) is 0.340. The van der Waals surface area contributed by atoms with Crippen LogP contribution in [0.15, 0.2) is 41.5 Å². The molecular formula is C21H21N5OS. The van der Waals surface area contributed by atoms with E-state index < -0.39 is 0 Å². The van der Waals surface area contributed by atoms with Gasteiger partial charge in [0, 0.05) is 10.4 Å². The van der Waals surface area contributed by atoms with Gasteiger partial charge in [0.25, 0.3) is 5.56 Å². The predicted octanol–water partition coefficient (Wildman–Crippen LogP) is 3.95. The molecule has 0 spiro atoms. The van der Waals surface area contributed by atoms with Crippen LogP contribution in [0, 0.1) is 0 Å². The largest absolute Gasteiger partial charge is 0.291 e. The molecule has 6 nitrogen and oxygen atoms in total. The highest BCUT2D eigenvalue weighted by Gasteiger charge is 2.19. The first-order chi connectivity index (χ1) is 13.8. The lowest BCUT2D eigenvalue weighted by Gasteiger charge is -2.09. The number of hydrogen-bond donors (Lipinski definition) is 1. The van der Waals surface area contributed by atoms with Gasteiger partial charge in [-0.15, -0.1) is 11.3 Å². The van der Waals surface area contributed by atoms with Crippen molar-refractivity contribution in [2.45, 2.75) is 45.1 Å². The Balaban J connectivity index is 1.50. The quantitative estimate of drug-likeness (QED) is 0.574. The van der Waals surface area contributed by atoms with Crippen LogP contribution in [0.3, 0.4) is 0 Å². The van der Waals surface area contributed by atoms with E-state index in [0.29, 0.717) is 18.2 Å². The van der Waals surface area contributed by atoms with Crippen molar-refractivity contribution in [1.82, 2.24) is 24.7 Å². The number of rotatable bonds is 3. The minimum atomic E-state index is 0.0285. The van der Waals surface area contributed by atoms with E-state index in [1.54, 1.807) is 22.2 Å². The number of hydrogen-bond acceptors (Lipinski definition) is 5.